The van der Waals surface area contributed by atoms with Gasteiger partial charge >= 0.3 is 12.3 Å². The number of hydrogen-bond acceptors (Lipinski definition) is 18. The second-order valence-electron chi connectivity index (χ2n) is 12.3. The number of carbonyl (C=O) groups is 2. The molecule has 0 amide bonds. The van der Waals surface area contributed by atoms with Gasteiger partial charge in [-0.05, 0) is 32.1 Å². The summed E-state index contributed by atoms with van der Waals surface area (Å²) in [6.07, 6.45) is 2.05. The number of rotatable bonds is 14. The summed E-state index contributed by atoms with van der Waals surface area (Å²) in [7, 11) is -1.00. The van der Waals surface area contributed by atoms with Crippen LogP contribution in [-0.2, 0) is 28.4 Å². The van der Waals surface area contributed by atoms with Gasteiger partial charge in [-0.25, -0.2) is 29.5 Å². The van der Waals surface area contributed by atoms with Gasteiger partial charge in [0.2, 0.25) is 0 Å². The average molecular weight is 909 g/mol. The Hall–Kier alpha value is -2.52. The number of thioether (sulfide) groups is 2. The highest BCUT2D eigenvalue weighted by Crippen LogP contribution is 2.37. The minimum absolute atomic E-state index is 0. The zero-order valence-corrected chi connectivity index (χ0v) is 34.9. The molecular weight excluding hydrogens is 850 g/mol. The number of halogens is 4. The molecule has 2 aliphatic heterocycles. The number of nitrogen functional groups attached to an aromatic ring is 2. The van der Waals surface area contributed by atoms with Gasteiger partial charge < -0.3 is 50.9 Å². The van der Waals surface area contributed by atoms with Gasteiger partial charge in [-0.3, -0.25) is 4.39 Å². The van der Waals surface area contributed by atoms with Crippen molar-refractivity contribution in [3.05, 3.63) is 15.5 Å². The molecule has 326 valence electrons. The molecule has 2 aromatic rings. The van der Waals surface area contributed by atoms with E-state index in [9.17, 15) is 14.0 Å². The number of ether oxygens (including phenoxy) is 6. The number of nitrogens with two attached hydrogens (primary N) is 3. The Labute approximate surface area is 360 Å². The van der Waals surface area contributed by atoms with E-state index in [1.54, 1.807) is 0 Å². The van der Waals surface area contributed by atoms with E-state index in [1.807, 2.05) is 13.8 Å². The van der Waals surface area contributed by atoms with Crippen LogP contribution in [-0.4, -0.2) is 113 Å². The predicted octanol–water partition coefficient (Wildman–Crippen LogP) is 8.24. The molecule has 0 aromatic carbocycles. The predicted molar refractivity (Wildman–Crippen MR) is 225 cm³/mol. The third-order valence-electron chi connectivity index (χ3n) is 8.09. The molecule has 2 aromatic heterocycles. The Morgan fingerprint density at radius 2 is 1.16 bits per heavy atom. The van der Waals surface area contributed by atoms with Crippen LogP contribution in [0.1, 0.15) is 82.4 Å². The molecule has 4 heterocycles. The molecule has 0 unspecified atom stereocenters. The van der Waals surface area contributed by atoms with E-state index in [1.165, 1.54) is 23.5 Å². The van der Waals surface area contributed by atoms with Crippen molar-refractivity contribution >= 4 is 87.8 Å². The topological polar surface area (TPSA) is 231 Å². The Morgan fingerprint density at radius 3 is 1.65 bits per heavy atom. The molecule has 8 atom stereocenters. The van der Waals surface area contributed by atoms with Gasteiger partial charge in [-0.2, -0.15) is 0 Å². The van der Waals surface area contributed by atoms with Crippen molar-refractivity contribution in [1.82, 2.24) is 19.9 Å². The quantitative estimate of drug-likeness (QED) is 0.0605. The summed E-state index contributed by atoms with van der Waals surface area (Å²) in [5.41, 5.74) is 17.8. The third kappa shape index (κ3) is 14.9. The summed E-state index contributed by atoms with van der Waals surface area (Å²) >= 11 is 20.6. The van der Waals surface area contributed by atoms with Crippen LogP contribution in [0.5, 0.6) is 0 Å². The van der Waals surface area contributed by atoms with E-state index in [0.29, 0.717) is 42.2 Å². The number of anilines is 3. The molecule has 0 radical (unpaired) electrons. The van der Waals surface area contributed by atoms with Crippen molar-refractivity contribution < 1.29 is 43.8 Å². The fraction of sp³-hybridized carbons (Fsp3) is 0.714. The first-order valence-corrected chi connectivity index (χ1v) is 20.8. The normalized spacial score (nSPS) is 25.0. The number of alkyl halides is 1. The summed E-state index contributed by atoms with van der Waals surface area (Å²) < 4.78 is 47.4. The van der Waals surface area contributed by atoms with Crippen LogP contribution >= 0.6 is 58.3 Å². The molecule has 2 aliphatic carbocycles. The Kier molecular flexibility index (Phi) is 23.6. The molecule has 16 nitrogen and oxygen atoms in total. The average Bonchev–Trinajstić information content (AvgIpc) is 3.91. The summed E-state index contributed by atoms with van der Waals surface area (Å²) in [5, 5.41) is 5.03. The van der Waals surface area contributed by atoms with Crippen LogP contribution in [0.25, 0.3) is 0 Å². The first kappa shape index (κ1) is 50.6. The summed E-state index contributed by atoms with van der Waals surface area (Å²) in [6.45, 7) is 9.47. The van der Waals surface area contributed by atoms with E-state index in [4.69, 9.17) is 81.8 Å². The SMILES string of the molecule is C.C.CCCO[C@H]1C[C@@H](N)[C@@H]2OC(=O)O[C@@H]21.CCCO[C@H]1C[C@@H](Nc2nc(SCCC)nc(Cl)c2N)[C@@H]2OC(=O)O[C@@H]21.CCCSc1nc(Cl)c(N)c(Cl)n1.[2H]CF. The molecule has 7 N–H and O–H groups in total. The van der Waals surface area contributed by atoms with Crippen LogP contribution in [0.4, 0.5) is 31.2 Å². The van der Waals surface area contributed by atoms with Crippen LogP contribution in [0.3, 0.4) is 0 Å². The smallest absolute Gasteiger partial charge is 0.425 e. The molecule has 2 saturated carbocycles. The maximum absolute atomic E-state index is 11.6. The van der Waals surface area contributed by atoms with Gasteiger partial charge in [0.1, 0.15) is 17.5 Å². The lowest BCUT2D eigenvalue weighted by atomic mass is 10.2. The third-order valence-corrected chi connectivity index (χ3v) is 11.1. The van der Waals surface area contributed by atoms with Crippen molar-refractivity contribution in [3.63, 3.8) is 0 Å². The van der Waals surface area contributed by atoms with Gasteiger partial charge in [0.15, 0.2) is 56.0 Å². The lowest BCUT2D eigenvalue weighted by molar-refractivity contribution is -0.0152. The molecule has 0 bridgehead atoms. The monoisotopic (exact) mass is 907 g/mol. The summed E-state index contributed by atoms with van der Waals surface area (Å²) in [5.74, 6) is 2.26. The molecular formula is C35H58Cl3FN8O8S2. The summed E-state index contributed by atoms with van der Waals surface area (Å²) in [6, 6.07) is -0.390. The number of nitrogens with one attached hydrogen (secondary N) is 1. The molecule has 22 heteroatoms. The van der Waals surface area contributed by atoms with E-state index in [-0.39, 0.29) is 78.2 Å². The van der Waals surface area contributed by atoms with Crippen molar-refractivity contribution in [2.24, 2.45) is 5.73 Å². The van der Waals surface area contributed by atoms with E-state index < -0.39 is 31.7 Å². The Morgan fingerprint density at radius 1 is 0.737 bits per heavy atom. The number of carbonyl (C=O) groups excluding carboxylic acids is 2. The molecule has 2 saturated heterocycles. The maximum atomic E-state index is 11.6. The van der Waals surface area contributed by atoms with E-state index >= 15 is 0 Å². The molecule has 57 heavy (non-hydrogen) atoms. The van der Waals surface area contributed by atoms with Crippen molar-refractivity contribution in [2.45, 2.75) is 140 Å². The van der Waals surface area contributed by atoms with Gasteiger partial charge in [0, 0.05) is 37.2 Å². The first-order chi connectivity index (χ1) is 26.8. The van der Waals surface area contributed by atoms with E-state index in [0.717, 1.165) is 37.2 Å². The summed E-state index contributed by atoms with van der Waals surface area (Å²) in [4.78, 5) is 39.0. The number of hydrogen-bond donors (Lipinski definition) is 4. The Balaban J connectivity index is 0.000000447. The van der Waals surface area contributed by atoms with Gasteiger partial charge in [0.05, 0.1) is 20.7 Å². The van der Waals surface area contributed by atoms with Crippen LogP contribution < -0.4 is 22.5 Å². The molecule has 0 spiro atoms. The molecule has 4 aliphatic rings. The maximum Gasteiger partial charge on any atom is 0.509 e. The van der Waals surface area contributed by atoms with Gasteiger partial charge in [0.25, 0.3) is 0 Å². The second-order valence-corrected chi connectivity index (χ2v) is 15.5. The molecule has 4 fully saturated rings. The zero-order valence-electron chi connectivity index (χ0n) is 32.0. The molecule has 6 rings (SSSR count). The second kappa shape index (κ2) is 26.6. The largest absolute Gasteiger partial charge is 0.509 e. The number of aromatic nitrogens is 4. The number of nitrogens with zero attached hydrogens (tertiary/aromatic N) is 4. The van der Waals surface area contributed by atoms with Gasteiger partial charge in [-0.1, -0.05) is 101 Å². The van der Waals surface area contributed by atoms with Crippen molar-refractivity contribution in [1.29, 1.82) is 0 Å². The lowest BCUT2D eigenvalue weighted by Gasteiger charge is -2.19. The lowest BCUT2D eigenvalue weighted by Crippen LogP contribution is -2.34. The van der Waals surface area contributed by atoms with Crippen molar-refractivity contribution in [3.8, 4) is 0 Å². The van der Waals surface area contributed by atoms with Crippen molar-refractivity contribution in [2.75, 3.05) is 48.7 Å². The Bertz CT molecular complexity index is 1550. The standard InChI is InChI=1S/C16H23ClN4O4S.C9H15NO4.C7H9Cl2N3S.CH3F.2CH4/c1-3-5-23-9-7-8(11-12(9)25-16(22)24-11)19-14-10(18)13(17)20-15(21-14)26-6-4-2;1-2-3-12-6-4-5(10)7-8(6)14-9(11)13-7;1-2-3-13-7-11-5(8)4(10)6(9)12-7;1-2;;/h8-9,11-12H,3-7,18H2,1-2H3,(H,19,20,21);5-8H,2-4,10H2,1H3;2-3,10H2,1H3;1H3;2*1H4/t8-,9+,11+,12-;5-,6+,7+,8-;;;;/m11..../s1/i;;;1D;;. The number of fused-ring (bicyclic) bond motifs is 2. The fourth-order valence-electron chi connectivity index (χ4n) is 5.67. The minimum atomic E-state index is -1.00. The highest BCUT2D eigenvalue weighted by Gasteiger charge is 2.54. The van der Waals surface area contributed by atoms with Gasteiger partial charge in [-0.15, -0.1) is 0 Å². The highest BCUT2D eigenvalue weighted by atomic mass is 35.5. The van der Waals surface area contributed by atoms with Crippen LogP contribution in [0, 0.1) is 0 Å². The van der Waals surface area contributed by atoms with E-state index in [2.05, 4.69) is 39.1 Å². The van der Waals surface area contributed by atoms with Crippen LogP contribution in [0.2, 0.25) is 15.5 Å². The minimum Gasteiger partial charge on any atom is -0.425 e. The fourth-order valence-corrected chi connectivity index (χ4v) is 7.77. The first-order valence-electron chi connectivity index (χ1n) is 18.4. The van der Waals surface area contributed by atoms with Crippen LogP contribution in [0.15, 0.2) is 10.3 Å². The zero-order chi connectivity index (χ0) is 41.4. The highest BCUT2D eigenvalue weighted by molar-refractivity contribution is 7.99.